The molecule has 1 aromatic carbocycles. The fraction of sp³-hybridized carbons (Fsp3) is 0.357. The monoisotopic (exact) mass is 261 g/mol. The lowest BCUT2D eigenvalue weighted by molar-refractivity contribution is 0.602. The van der Waals surface area contributed by atoms with Crippen molar-refractivity contribution < 1.29 is 0 Å². The van der Waals surface area contributed by atoms with Crippen LogP contribution in [0, 0.1) is 13.8 Å². The van der Waals surface area contributed by atoms with E-state index in [0.717, 1.165) is 28.7 Å². The molecule has 0 fully saturated rings. The molecular formula is C14H19N3S. The third kappa shape index (κ3) is 2.53. The molecule has 0 saturated carbocycles. The second-order valence-electron chi connectivity index (χ2n) is 4.34. The standard InChI is InChI=1S/C14H19N3S/c1-4-17-14(13(15)11(3)16-17)18-9-12-8-6-5-7-10(12)2/h5-8H,4,9,15H2,1-3H3. The van der Waals surface area contributed by atoms with E-state index in [2.05, 4.69) is 43.2 Å². The van der Waals surface area contributed by atoms with E-state index >= 15 is 0 Å². The van der Waals surface area contributed by atoms with Gasteiger partial charge in [0.2, 0.25) is 0 Å². The van der Waals surface area contributed by atoms with Crippen molar-refractivity contribution >= 4 is 17.4 Å². The van der Waals surface area contributed by atoms with Crippen LogP contribution < -0.4 is 5.73 Å². The summed E-state index contributed by atoms with van der Waals surface area (Å²) in [7, 11) is 0. The van der Waals surface area contributed by atoms with Gasteiger partial charge in [0.15, 0.2) is 0 Å². The Hall–Kier alpha value is -1.42. The summed E-state index contributed by atoms with van der Waals surface area (Å²) in [6.45, 7) is 7.04. The normalized spacial score (nSPS) is 10.8. The molecule has 0 aliphatic carbocycles. The zero-order valence-corrected chi connectivity index (χ0v) is 11.9. The van der Waals surface area contributed by atoms with Crippen LogP contribution in [0.2, 0.25) is 0 Å². The van der Waals surface area contributed by atoms with E-state index in [1.165, 1.54) is 11.1 Å². The molecule has 18 heavy (non-hydrogen) atoms. The highest BCUT2D eigenvalue weighted by Gasteiger charge is 2.12. The Labute approximate surface area is 112 Å². The fourth-order valence-corrected chi connectivity index (χ4v) is 3.10. The molecule has 1 aromatic heterocycles. The van der Waals surface area contributed by atoms with Crippen LogP contribution in [0.4, 0.5) is 5.69 Å². The van der Waals surface area contributed by atoms with Crippen LogP contribution >= 0.6 is 11.8 Å². The quantitative estimate of drug-likeness (QED) is 0.858. The Morgan fingerprint density at radius 2 is 2.00 bits per heavy atom. The highest BCUT2D eigenvalue weighted by molar-refractivity contribution is 7.98. The van der Waals surface area contributed by atoms with Gasteiger partial charge in [0.25, 0.3) is 0 Å². The van der Waals surface area contributed by atoms with E-state index in [-0.39, 0.29) is 0 Å². The van der Waals surface area contributed by atoms with Crippen LogP contribution in [0.25, 0.3) is 0 Å². The molecule has 0 amide bonds. The number of anilines is 1. The smallest absolute Gasteiger partial charge is 0.118 e. The first-order valence-corrected chi connectivity index (χ1v) is 7.12. The summed E-state index contributed by atoms with van der Waals surface area (Å²) in [6.07, 6.45) is 0. The Morgan fingerprint density at radius 3 is 2.67 bits per heavy atom. The van der Waals surface area contributed by atoms with Gasteiger partial charge in [0, 0.05) is 12.3 Å². The number of hydrogen-bond acceptors (Lipinski definition) is 3. The number of hydrogen-bond donors (Lipinski definition) is 1. The van der Waals surface area contributed by atoms with E-state index in [1.54, 1.807) is 11.8 Å². The number of nitrogens with zero attached hydrogens (tertiary/aromatic N) is 2. The van der Waals surface area contributed by atoms with E-state index < -0.39 is 0 Å². The summed E-state index contributed by atoms with van der Waals surface area (Å²) in [5.41, 5.74) is 10.5. The molecule has 0 bridgehead atoms. The predicted octanol–water partition coefficient (Wildman–Crippen LogP) is 3.39. The Balaban J connectivity index is 2.18. The topological polar surface area (TPSA) is 43.8 Å². The number of nitrogen functional groups attached to an aromatic ring is 1. The van der Waals surface area contributed by atoms with Crippen LogP contribution in [0.15, 0.2) is 29.3 Å². The van der Waals surface area contributed by atoms with Crippen LogP contribution in [0.1, 0.15) is 23.7 Å². The molecule has 2 aromatic rings. The van der Waals surface area contributed by atoms with Crippen molar-refractivity contribution in [2.75, 3.05) is 5.73 Å². The summed E-state index contributed by atoms with van der Waals surface area (Å²) in [6, 6.07) is 8.45. The maximum Gasteiger partial charge on any atom is 0.118 e. The van der Waals surface area contributed by atoms with Crippen molar-refractivity contribution in [2.45, 2.75) is 38.1 Å². The average molecular weight is 261 g/mol. The van der Waals surface area contributed by atoms with Crippen LogP contribution in [-0.4, -0.2) is 9.78 Å². The first-order valence-electron chi connectivity index (χ1n) is 6.13. The van der Waals surface area contributed by atoms with Crippen molar-refractivity contribution in [3.63, 3.8) is 0 Å². The van der Waals surface area contributed by atoms with Crippen molar-refractivity contribution in [3.8, 4) is 0 Å². The highest BCUT2D eigenvalue weighted by atomic mass is 32.2. The van der Waals surface area contributed by atoms with Crippen LogP contribution in [0.5, 0.6) is 0 Å². The summed E-state index contributed by atoms with van der Waals surface area (Å²) in [5.74, 6) is 0.933. The molecule has 2 rings (SSSR count). The maximum atomic E-state index is 6.08. The molecule has 0 unspecified atom stereocenters. The first-order chi connectivity index (χ1) is 8.63. The molecule has 2 N–H and O–H groups in total. The third-order valence-electron chi connectivity index (χ3n) is 3.05. The van der Waals surface area contributed by atoms with Crippen molar-refractivity contribution in [1.82, 2.24) is 9.78 Å². The van der Waals surface area contributed by atoms with Gasteiger partial charge in [-0.2, -0.15) is 5.10 Å². The molecule has 1 heterocycles. The Bertz CT molecular complexity index is 546. The van der Waals surface area contributed by atoms with E-state index in [1.807, 2.05) is 11.6 Å². The fourth-order valence-electron chi connectivity index (χ4n) is 1.86. The number of nitrogens with two attached hydrogens (primary N) is 1. The number of aromatic nitrogens is 2. The van der Waals surface area contributed by atoms with E-state index in [9.17, 15) is 0 Å². The molecule has 0 aliphatic heterocycles. The highest BCUT2D eigenvalue weighted by Crippen LogP contribution is 2.30. The van der Waals surface area contributed by atoms with E-state index in [4.69, 9.17) is 5.73 Å². The second kappa shape index (κ2) is 5.48. The number of thioether (sulfide) groups is 1. The molecular weight excluding hydrogens is 242 g/mol. The van der Waals surface area contributed by atoms with Gasteiger partial charge >= 0.3 is 0 Å². The zero-order chi connectivity index (χ0) is 13.1. The molecule has 0 spiro atoms. The predicted molar refractivity (Wildman–Crippen MR) is 77.8 cm³/mol. The van der Waals surface area contributed by atoms with Gasteiger partial charge in [-0.1, -0.05) is 36.0 Å². The largest absolute Gasteiger partial charge is 0.395 e. The minimum absolute atomic E-state index is 0.815. The van der Waals surface area contributed by atoms with Crippen molar-refractivity contribution in [2.24, 2.45) is 0 Å². The summed E-state index contributed by atoms with van der Waals surface area (Å²) >= 11 is 1.76. The number of rotatable bonds is 4. The summed E-state index contributed by atoms with van der Waals surface area (Å²) in [5, 5.41) is 5.52. The molecule has 0 saturated heterocycles. The molecule has 4 heteroatoms. The molecule has 0 atom stereocenters. The van der Waals surface area contributed by atoms with Gasteiger partial charge in [0.05, 0.1) is 11.4 Å². The van der Waals surface area contributed by atoms with Gasteiger partial charge in [-0.05, 0) is 31.9 Å². The van der Waals surface area contributed by atoms with Gasteiger partial charge < -0.3 is 5.73 Å². The zero-order valence-electron chi connectivity index (χ0n) is 11.1. The van der Waals surface area contributed by atoms with Gasteiger partial charge in [-0.25, -0.2) is 0 Å². The lowest BCUT2D eigenvalue weighted by atomic mass is 10.1. The van der Waals surface area contributed by atoms with Crippen molar-refractivity contribution in [3.05, 3.63) is 41.1 Å². The van der Waals surface area contributed by atoms with E-state index in [0.29, 0.717) is 0 Å². The third-order valence-corrected chi connectivity index (χ3v) is 4.21. The number of aryl methyl sites for hydroxylation is 3. The summed E-state index contributed by atoms with van der Waals surface area (Å²) in [4.78, 5) is 0. The molecule has 0 radical (unpaired) electrons. The van der Waals surface area contributed by atoms with Crippen LogP contribution in [0.3, 0.4) is 0 Å². The first kappa shape index (κ1) is 13.0. The van der Waals surface area contributed by atoms with Crippen molar-refractivity contribution in [1.29, 1.82) is 0 Å². The molecule has 3 nitrogen and oxygen atoms in total. The average Bonchev–Trinajstić information content (AvgIpc) is 2.65. The Kier molecular flexibility index (Phi) is 3.97. The SMILES string of the molecule is CCn1nc(C)c(N)c1SCc1ccccc1C. The van der Waals surface area contributed by atoms with Crippen LogP contribution in [-0.2, 0) is 12.3 Å². The summed E-state index contributed by atoms with van der Waals surface area (Å²) < 4.78 is 1.98. The molecule has 96 valence electrons. The van der Waals surface area contributed by atoms with Gasteiger partial charge in [0.1, 0.15) is 5.03 Å². The van der Waals surface area contributed by atoms with Gasteiger partial charge in [-0.15, -0.1) is 0 Å². The second-order valence-corrected chi connectivity index (χ2v) is 5.30. The molecule has 0 aliphatic rings. The van der Waals surface area contributed by atoms with Gasteiger partial charge in [-0.3, -0.25) is 4.68 Å². The minimum atomic E-state index is 0.815. The maximum absolute atomic E-state index is 6.08. The Morgan fingerprint density at radius 1 is 1.28 bits per heavy atom. The number of benzene rings is 1. The minimum Gasteiger partial charge on any atom is -0.395 e. The lowest BCUT2D eigenvalue weighted by Crippen LogP contribution is -1.99. The lowest BCUT2D eigenvalue weighted by Gasteiger charge is -2.07.